The smallest absolute Gasteiger partial charge is 0.253 e. The van der Waals surface area contributed by atoms with Crippen LogP contribution < -0.4 is 9.46 Å². The molecule has 0 saturated heterocycles. The lowest BCUT2D eigenvalue weighted by Crippen LogP contribution is -2.30. The summed E-state index contributed by atoms with van der Waals surface area (Å²) in [5.74, 6) is -0.0938. The second-order valence-corrected chi connectivity index (χ2v) is 7.23. The highest BCUT2D eigenvalue weighted by atomic mass is 32.2. The van der Waals surface area contributed by atoms with Crippen molar-refractivity contribution < 1.29 is 22.3 Å². The summed E-state index contributed by atoms with van der Waals surface area (Å²) in [6, 6.07) is 11.9. The fraction of sp³-hybridized carbons (Fsp3) is 0.235. The van der Waals surface area contributed by atoms with E-state index in [0.29, 0.717) is 23.5 Å². The van der Waals surface area contributed by atoms with E-state index in [-0.39, 0.29) is 18.3 Å². The van der Waals surface area contributed by atoms with E-state index in [1.807, 2.05) is 0 Å². The van der Waals surface area contributed by atoms with Gasteiger partial charge < -0.3 is 9.64 Å². The predicted molar refractivity (Wildman–Crippen MR) is 93.8 cm³/mol. The molecule has 0 saturated carbocycles. The molecule has 2 aromatic rings. The standard InChI is InChI=1S/C17H19FN2O4S/c1-20(10-11-24-16-8-6-14(18)7-9-16)17(21)13-4-3-5-15(12-13)19-25(2,22)23/h3-9,12,19H,10-11H2,1-2H3. The molecule has 2 rings (SSSR count). The van der Waals surface area contributed by atoms with Gasteiger partial charge in [-0.15, -0.1) is 0 Å². The van der Waals surface area contributed by atoms with Crippen LogP contribution in [0.15, 0.2) is 48.5 Å². The summed E-state index contributed by atoms with van der Waals surface area (Å²) in [6.07, 6.45) is 1.04. The number of anilines is 1. The summed E-state index contributed by atoms with van der Waals surface area (Å²) in [7, 11) is -1.79. The van der Waals surface area contributed by atoms with E-state index in [1.165, 1.54) is 35.2 Å². The van der Waals surface area contributed by atoms with E-state index in [2.05, 4.69) is 4.72 Å². The molecule has 0 heterocycles. The average molecular weight is 366 g/mol. The van der Waals surface area contributed by atoms with Crippen LogP contribution in [0.1, 0.15) is 10.4 Å². The van der Waals surface area contributed by atoms with Gasteiger partial charge in [0.15, 0.2) is 0 Å². The van der Waals surface area contributed by atoms with Crippen LogP contribution in [-0.4, -0.2) is 45.7 Å². The van der Waals surface area contributed by atoms with E-state index in [0.717, 1.165) is 6.26 Å². The van der Waals surface area contributed by atoms with Gasteiger partial charge >= 0.3 is 0 Å². The normalized spacial score (nSPS) is 11.0. The zero-order chi connectivity index (χ0) is 18.4. The number of carbonyl (C=O) groups is 1. The van der Waals surface area contributed by atoms with Gasteiger partial charge in [-0.1, -0.05) is 6.07 Å². The number of carbonyl (C=O) groups excluding carboxylic acids is 1. The minimum absolute atomic E-state index is 0.245. The van der Waals surface area contributed by atoms with E-state index in [9.17, 15) is 17.6 Å². The predicted octanol–water partition coefficient (Wildman–Crippen LogP) is 2.35. The Morgan fingerprint density at radius 3 is 2.52 bits per heavy atom. The highest BCUT2D eigenvalue weighted by molar-refractivity contribution is 7.92. The lowest BCUT2D eigenvalue weighted by molar-refractivity contribution is 0.0774. The molecule has 0 bridgehead atoms. The van der Waals surface area contributed by atoms with Gasteiger partial charge in [0.1, 0.15) is 18.2 Å². The third kappa shape index (κ3) is 6.07. The van der Waals surface area contributed by atoms with Gasteiger partial charge in [-0.2, -0.15) is 0 Å². The molecule has 0 aliphatic carbocycles. The minimum Gasteiger partial charge on any atom is -0.492 e. The van der Waals surface area contributed by atoms with Crippen LogP contribution in [-0.2, 0) is 10.0 Å². The van der Waals surface area contributed by atoms with E-state index < -0.39 is 10.0 Å². The van der Waals surface area contributed by atoms with Gasteiger partial charge in [0.25, 0.3) is 5.91 Å². The largest absolute Gasteiger partial charge is 0.492 e. The van der Waals surface area contributed by atoms with Crippen molar-refractivity contribution >= 4 is 21.6 Å². The molecule has 0 radical (unpaired) electrons. The number of hydrogen-bond acceptors (Lipinski definition) is 4. The van der Waals surface area contributed by atoms with Crippen molar-refractivity contribution in [1.29, 1.82) is 0 Å². The first-order valence-electron chi connectivity index (χ1n) is 7.46. The third-order valence-corrected chi connectivity index (χ3v) is 3.88. The summed E-state index contributed by atoms with van der Waals surface area (Å²) >= 11 is 0. The Balaban J connectivity index is 1.93. The molecular formula is C17H19FN2O4S. The van der Waals surface area contributed by atoms with Crippen LogP contribution in [0.2, 0.25) is 0 Å². The minimum atomic E-state index is -3.41. The molecule has 6 nitrogen and oxygen atoms in total. The second kappa shape index (κ2) is 7.98. The van der Waals surface area contributed by atoms with Crippen molar-refractivity contribution in [3.05, 3.63) is 59.9 Å². The Labute approximate surface area is 146 Å². The maximum absolute atomic E-state index is 12.8. The Bertz CT molecular complexity index is 838. The zero-order valence-corrected chi connectivity index (χ0v) is 14.7. The lowest BCUT2D eigenvalue weighted by atomic mass is 10.2. The van der Waals surface area contributed by atoms with Crippen molar-refractivity contribution in [3.63, 3.8) is 0 Å². The second-order valence-electron chi connectivity index (χ2n) is 5.48. The molecule has 134 valence electrons. The van der Waals surface area contributed by atoms with Crippen molar-refractivity contribution in [2.24, 2.45) is 0 Å². The molecule has 0 aliphatic rings. The maximum Gasteiger partial charge on any atom is 0.253 e. The summed E-state index contributed by atoms with van der Waals surface area (Å²) in [5.41, 5.74) is 0.683. The van der Waals surface area contributed by atoms with E-state index in [1.54, 1.807) is 25.2 Å². The van der Waals surface area contributed by atoms with Gasteiger partial charge in [0, 0.05) is 18.3 Å². The number of ether oxygens (including phenoxy) is 1. The molecule has 0 fully saturated rings. The molecule has 1 N–H and O–H groups in total. The van der Waals surface area contributed by atoms with Crippen LogP contribution in [0.4, 0.5) is 10.1 Å². The SMILES string of the molecule is CN(CCOc1ccc(F)cc1)C(=O)c1cccc(NS(C)(=O)=O)c1. The number of nitrogens with one attached hydrogen (secondary N) is 1. The molecule has 0 aromatic heterocycles. The maximum atomic E-state index is 12.8. The quantitative estimate of drug-likeness (QED) is 0.816. The van der Waals surface area contributed by atoms with Crippen molar-refractivity contribution in [1.82, 2.24) is 4.90 Å². The Hall–Kier alpha value is -2.61. The molecule has 0 aliphatic heterocycles. The van der Waals surface area contributed by atoms with Crippen LogP contribution in [0, 0.1) is 5.82 Å². The summed E-state index contributed by atoms with van der Waals surface area (Å²) in [5, 5.41) is 0. The molecule has 0 atom stereocenters. The van der Waals surface area contributed by atoms with Crippen LogP contribution >= 0.6 is 0 Å². The Morgan fingerprint density at radius 1 is 1.20 bits per heavy atom. The van der Waals surface area contributed by atoms with Gasteiger partial charge in [-0.05, 0) is 42.5 Å². The number of sulfonamides is 1. The van der Waals surface area contributed by atoms with Crippen LogP contribution in [0.3, 0.4) is 0 Å². The van der Waals surface area contributed by atoms with E-state index >= 15 is 0 Å². The fourth-order valence-electron chi connectivity index (χ4n) is 2.08. The molecular weight excluding hydrogens is 347 g/mol. The number of nitrogens with zero attached hydrogens (tertiary/aromatic N) is 1. The molecule has 2 aromatic carbocycles. The number of halogens is 1. The molecule has 25 heavy (non-hydrogen) atoms. The molecule has 1 amide bonds. The Kier molecular flexibility index (Phi) is 5.97. The lowest BCUT2D eigenvalue weighted by Gasteiger charge is -2.18. The fourth-order valence-corrected chi connectivity index (χ4v) is 2.64. The van der Waals surface area contributed by atoms with Crippen molar-refractivity contribution in [2.75, 3.05) is 31.2 Å². The number of likely N-dealkylation sites (N-methyl/N-ethyl adjacent to an activating group) is 1. The molecule has 0 spiro atoms. The van der Waals surface area contributed by atoms with Gasteiger partial charge in [-0.3, -0.25) is 9.52 Å². The molecule has 0 unspecified atom stereocenters. The first-order valence-corrected chi connectivity index (χ1v) is 9.35. The average Bonchev–Trinajstić information content (AvgIpc) is 2.54. The topological polar surface area (TPSA) is 75.7 Å². The zero-order valence-electron chi connectivity index (χ0n) is 13.9. The monoisotopic (exact) mass is 366 g/mol. The first-order chi connectivity index (χ1) is 11.7. The van der Waals surface area contributed by atoms with Gasteiger partial charge in [0.2, 0.25) is 10.0 Å². The first kappa shape index (κ1) is 18.7. The van der Waals surface area contributed by atoms with Crippen molar-refractivity contribution in [3.8, 4) is 5.75 Å². The number of hydrogen-bond donors (Lipinski definition) is 1. The van der Waals surface area contributed by atoms with E-state index in [4.69, 9.17) is 4.74 Å². The third-order valence-electron chi connectivity index (χ3n) is 3.27. The van der Waals surface area contributed by atoms with Crippen LogP contribution in [0.25, 0.3) is 0 Å². The van der Waals surface area contributed by atoms with Gasteiger partial charge in [0.05, 0.1) is 12.8 Å². The summed E-state index contributed by atoms with van der Waals surface area (Å²) in [4.78, 5) is 13.9. The van der Waals surface area contributed by atoms with Crippen LogP contribution in [0.5, 0.6) is 5.75 Å². The Morgan fingerprint density at radius 2 is 1.88 bits per heavy atom. The highest BCUT2D eigenvalue weighted by Gasteiger charge is 2.13. The highest BCUT2D eigenvalue weighted by Crippen LogP contribution is 2.14. The number of benzene rings is 2. The summed E-state index contributed by atoms with van der Waals surface area (Å²) in [6.45, 7) is 0.565. The molecule has 8 heteroatoms. The number of rotatable bonds is 7. The number of amides is 1. The summed E-state index contributed by atoms with van der Waals surface area (Å²) < 4.78 is 43.1. The van der Waals surface area contributed by atoms with Crippen molar-refractivity contribution in [2.45, 2.75) is 0 Å². The van der Waals surface area contributed by atoms with Gasteiger partial charge in [-0.25, -0.2) is 12.8 Å².